The Morgan fingerprint density at radius 1 is 1.25 bits per heavy atom. The lowest BCUT2D eigenvalue weighted by molar-refractivity contribution is -0.113. The summed E-state index contributed by atoms with van der Waals surface area (Å²) in [6, 6.07) is 8.90. The second-order valence-electron chi connectivity index (χ2n) is 3.82. The zero-order valence-corrected chi connectivity index (χ0v) is 12.6. The Hall–Kier alpha value is -1.50. The molecule has 0 aliphatic rings. The Balaban J connectivity index is 1.91. The highest BCUT2D eigenvalue weighted by Crippen LogP contribution is 2.23. The van der Waals surface area contributed by atoms with E-state index in [1.807, 2.05) is 12.1 Å². The van der Waals surface area contributed by atoms with Gasteiger partial charge in [-0.3, -0.25) is 9.59 Å². The van der Waals surface area contributed by atoms with Gasteiger partial charge in [-0.1, -0.05) is 11.6 Å². The van der Waals surface area contributed by atoms with Crippen LogP contribution in [-0.2, 0) is 4.79 Å². The highest BCUT2D eigenvalue weighted by Gasteiger charge is 2.12. The first kappa shape index (κ1) is 14.9. The Morgan fingerprint density at radius 3 is 2.60 bits per heavy atom. The Kier molecular flexibility index (Phi) is 5.05. The van der Waals surface area contributed by atoms with Gasteiger partial charge < -0.3 is 11.1 Å². The van der Waals surface area contributed by atoms with Gasteiger partial charge in [-0.05, 0) is 35.7 Å². The molecule has 0 fully saturated rings. The van der Waals surface area contributed by atoms with Crippen LogP contribution in [0.1, 0.15) is 9.67 Å². The van der Waals surface area contributed by atoms with Crippen molar-refractivity contribution in [3.8, 4) is 0 Å². The van der Waals surface area contributed by atoms with E-state index >= 15 is 0 Å². The zero-order valence-electron chi connectivity index (χ0n) is 10.3. The predicted molar refractivity (Wildman–Crippen MR) is 83.6 cm³/mol. The van der Waals surface area contributed by atoms with Crippen LogP contribution in [-0.4, -0.2) is 17.6 Å². The molecule has 0 radical (unpaired) electrons. The SMILES string of the molecule is NC(=O)c1sccc1NC(=O)CSc1ccc(Cl)cc1. The molecular weight excluding hydrogens is 316 g/mol. The molecule has 0 bridgehead atoms. The molecule has 104 valence electrons. The maximum atomic E-state index is 11.8. The molecule has 4 nitrogen and oxygen atoms in total. The van der Waals surface area contributed by atoms with Gasteiger partial charge in [0.15, 0.2) is 0 Å². The number of benzene rings is 1. The maximum Gasteiger partial charge on any atom is 0.260 e. The van der Waals surface area contributed by atoms with E-state index < -0.39 is 5.91 Å². The number of thiophene rings is 1. The summed E-state index contributed by atoms with van der Waals surface area (Å²) >= 11 is 8.38. The summed E-state index contributed by atoms with van der Waals surface area (Å²) in [6.07, 6.45) is 0. The van der Waals surface area contributed by atoms with Crippen molar-refractivity contribution in [3.63, 3.8) is 0 Å². The van der Waals surface area contributed by atoms with Gasteiger partial charge in [-0.25, -0.2) is 0 Å². The fourth-order valence-corrected chi connectivity index (χ4v) is 2.99. The first-order valence-electron chi connectivity index (χ1n) is 5.62. The second kappa shape index (κ2) is 6.78. The summed E-state index contributed by atoms with van der Waals surface area (Å²) in [5, 5.41) is 5.04. The van der Waals surface area contributed by atoms with Crippen LogP contribution in [0.2, 0.25) is 5.02 Å². The number of rotatable bonds is 5. The molecule has 1 aromatic carbocycles. The normalized spacial score (nSPS) is 10.2. The Labute approximate surface area is 129 Å². The number of primary amides is 1. The Morgan fingerprint density at radius 2 is 1.95 bits per heavy atom. The lowest BCUT2D eigenvalue weighted by Crippen LogP contribution is -2.17. The van der Waals surface area contributed by atoms with E-state index in [4.69, 9.17) is 17.3 Å². The van der Waals surface area contributed by atoms with E-state index in [0.717, 1.165) is 4.90 Å². The number of thioether (sulfide) groups is 1. The minimum atomic E-state index is -0.541. The van der Waals surface area contributed by atoms with Crippen molar-refractivity contribution in [2.75, 3.05) is 11.1 Å². The highest BCUT2D eigenvalue weighted by atomic mass is 35.5. The molecular formula is C13H11ClN2O2S2. The minimum Gasteiger partial charge on any atom is -0.365 e. The fraction of sp³-hybridized carbons (Fsp3) is 0.0769. The molecule has 2 aromatic rings. The zero-order chi connectivity index (χ0) is 14.5. The third-order valence-corrected chi connectivity index (χ3v) is 4.54. The van der Waals surface area contributed by atoms with Crippen LogP contribution < -0.4 is 11.1 Å². The van der Waals surface area contributed by atoms with Crippen LogP contribution >= 0.6 is 34.7 Å². The average Bonchev–Trinajstić information content (AvgIpc) is 2.86. The van der Waals surface area contributed by atoms with E-state index in [0.29, 0.717) is 15.6 Å². The van der Waals surface area contributed by atoms with E-state index in [1.165, 1.54) is 23.1 Å². The molecule has 2 amide bonds. The molecule has 0 saturated heterocycles. The highest BCUT2D eigenvalue weighted by molar-refractivity contribution is 8.00. The van der Waals surface area contributed by atoms with Crippen molar-refractivity contribution < 1.29 is 9.59 Å². The minimum absolute atomic E-state index is 0.189. The van der Waals surface area contributed by atoms with Gasteiger partial charge in [0.05, 0.1) is 11.4 Å². The molecule has 20 heavy (non-hydrogen) atoms. The van der Waals surface area contributed by atoms with Crippen molar-refractivity contribution >= 4 is 52.2 Å². The number of nitrogens with one attached hydrogen (secondary N) is 1. The summed E-state index contributed by atoms with van der Waals surface area (Å²) in [5.41, 5.74) is 5.68. The summed E-state index contributed by atoms with van der Waals surface area (Å²) in [7, 11) is 0. The third kappa shape index (κ3) is 4.00. The maximum absolute atomic E-state index is 11.8. The number of anilines is 1. The molecule has 1 heterocycles. The number of hydrogen-bond acceptors (Lipinski definition) is 4. The van der Waals surface area contributed by atoms with Gasteiger partial charge in [0.1, 0.15) is 4.88 Å². The number of carbonyl (C=O) groups excluding carboxylic acids is 2. The third-order valence-electron chi connectivity index (χ3n) is 2.35. The summed E-state index contributed by atoms with van der Waals surface area (Å²) in [4.78, 5) is 24.3. The monoisotopic (exact) mass is 326 g/mol. The first-order valence-corrected chi connectivity index (χ1v) is 7.86. The van der Waals surface area contributed by atoms with Gasteiger partial charge in [-0.2, -0.15) is 0 Å². The summed E-state index contributed by atoms with van der Waals surface area (Å²) < 4.78 is 0. The van der Waals surface area contributed by atoms with Crippen molar-refractivity contribution in [1.82, 2.24) is 0 Å². The lowest BCUT2D eigenvalue weighted by Gasteiger charge is -2.05. The van der Waals surface area contributed by atoms with Crippen LogP contribution in [0.5, 0.6) is 0 Å². The van der Waals surface area contributed by atoms with Crippen LogP contribution in [0.15, 0.2) is 40.6 Å². The topological polar surface area (TPSA) is 72.2 Å². The molecule has 0 saturated carbocycles. The number of halogens is 1. The van der Waals surface area contributed by atoms with E-state index in [9.17, 15) is 9.59 Å². The molecule has 0 atom stereocenters. The van der Waals surface area contributed by atoms with Crippen LogP contribution in [0, 0.1) is 0 Å². The van der Waals surface area contributed by atoms with E-state index in [1.54, 1.807) is 23.6 Å². The molecule has 0 spiro atoms. The number of nitrogens with two attached hydrogens (primary N) is 1. The largest absolute Gasteiger partial charge is 0.365 e. The van der Waals surface area contributed by atoms with Gasteiger partial charge in [0.2, 0.25) is 5.91 Å². The first-order chi connectivity index (χ1) is 9.56. The smallest absolute Gasteiger partial charge is 0.260 e. The summed E-state index contributed by atoms with van der Waals surface area (Å²) in [5.74, 6) is -0.484. The molecule has 0 aliphatic heterocycles. The lowest BCUT2D eigenvalue weighted by atomic mass is 10.3. The fourth-order valence-electron chi connectivity index (χ4n) is 1.46. The van der Waals surface area contributed by atoms with Crippen LogP contribution in [0.25, 0.3) is 0 Å². The van der Waals surface area contributed by atoms with Crippen molar-refractivity contribution in [2.45, 2.75) is 4.90 Å². The molecule has 0 unspecified atom stereocenters. The van der Waals surface area contributed by atoms with Crippen molar-refractivity contribution in [3.05, 3.63) is 45.6 Å². The van der Waals surface area contributed by atoms with Crippen molar-refractivity contribution in [2.24, 2.45) is 5.73 Å². The van der Waals surface area contributed by atoms with Gasteiger partial charge in [0.25, 0.3) is 5.91 Å². The number of hydrogen-bond donors (Lipinski definition) is 2. The van der Waals surface area contributed by atoms with Crippen LogP contribution in [0.3, 0.4) is 0 Å². The molecule has 1 aromatic heterocycles. The average molecular weight is 327 g/mol. The second-order valence-corrected chi connectivity index (χ2v) is 6.22. The standard InChI is InChI=1S/C13H11ClN2O2S2/c14-8-1-3-9(4-2-8)20-7-11(17)16-10-5-6-19-12(10)13(15)18/h1-6H,7H2,(H2,15,18)(H,16,17). The quantitative estimate of drug-likeness (QED) is 0.828. The Bertz CT molecular complexity index is 626. The molecule has 3 N–H and O–H groups in total. The number of carbonyl (C=O) groups is 2. The number of amides is 2. The van der Waals surface area contributed by atoms with Gasteiger partial charge in [0, 0.05) is 9.92 Å². The summed E-state index contributed by atoms with van der Waals surface area (Å²) in [6.45, 7) is 0. The molecule has 2 rings (SSSR count). The van der Waals surface area contributed by atoms with Crippen LogP contribution in [0.4, 0.5) is 5.69 Å². The van der Waals surface area contributed by atoms with Crippen molar-refractivity contribution in [1.29, 1.82) is 0 Å². The predicted octanol–water partition coefficient (Wildman–Crippen LogP) is 3.23. The molecule has 0 aliphatic carbocycles. The van der Waals surface area contributed by atoms with E-state index in [-0.39, 0.29) is 11.7 Å². The molecule has 7 heteroatoms. The van der Waals surface area contributed by atoms with E-state index in [2.05, 4.69) is 5.32 Å². The van der Waals surface area contributed by atoms with Gasteiger partial charge in [-0.15, -0.1) is 23.1 Å². The van der Waals surface area contributed by atoms with Gasteiger partial charge >= 0.3 is 0 Å².